The Hall–Kier alpha value is -1.73. The van der Waals surface area contributed by atoms with Crippen molar-refractivity contribution >= 4 is 44.9 Å². The maximum Gasteiger partial charge on any atom is 0.269 e. The van der Waals surface area contributed by atoms with E-state index >= 15 is 0 Å². The summed E-state index contributed by atoms with van der Waals surface area (Å²) in [5.41, 5.74) is 3.57. The number of nitro benzene ring substituents is 1. The number of nitro groups is 1. The molecule has 0 aliphatic carbocycles. The Kier molecular flexibility index (Phi) is 4.06. The van der Waals surface area contributed by atoms with Gasteiger partial charge in [0.25, 0.3) is 5.69 Å². The van der Waals surface area contributed by atoms with Gasteiger partial charge in [-0.25, -0.2) is 0 Å². The zero-order valence-corrected chi connectivity index (χ0v) is 11.4. The van der Waals surface area contributed by atoms with Gasteiger partial charge in [-0.2, -0.15) is 5.10 Å². The van der Waals surface area contributed by atoms with Crippen LogP contribution >= 0.6 is 27.3 Å². The molecule has 0 aliphatic rings. The highest BCUT2D eigenvalue weighted by Crippen LogP contribution is 2.18. The number of nitrogens with one attached hydrogen (secondary N) is 1. The van der Waals surface area contributed by atoms with Gasteiger partial charge < -0.3 is 0 Å². The van der Waals surface area contributed by atoms with Gasteiger partial charge in [0.15, 0.2) is 0 Å². The molecule has 7 heteroatoms. The van der Waals surface area contributed by atoms with E-state index in [4.69, 9.17) is 0 Å². The number of halogens is 1. The zero-order chi connectivity index (χ0) is 13.0. The molecule has 0 saturated carbocycles. The van der Waals surface area contributed by atoms with Crippen molar-refractivity contribution in [2.24, 2.45) is 5.10 Å². The second-order valence-corrected chi connectivity index (χ2v) is 5.20. The minimum absolute atomic E-state index is 0.0618. The Labute approximate surface area is 115 Å². The second-order valence-electron chi connectivity index (χ2n) is 3.34. The van der Waals surface area contributed by atoms with Crippen LogP contribution in [0.1, 0.15) is 4.88 Å². The monoisotopic (exact) mass is 325 g/mol. The molecule has 0 saturated heterocycles. The fourth-order valence-corrected chi connectivity index (χ4v) is 2.53. The fraction of sp³-hybridized carbons (Fsp3) is 0. The summed E-state index contributed by atoms with van der Waals surface area (Å²) in [7, 11) is 0. The highest BCUT2D eigenvalue weighted by molar-refractivity contribution is 9.10. The van der Waals surface area contributed by atoms with Crippen LogP contribution in [0.3, 0.4) is 0 Å². The van der Waals surface area contributed by atoms with Gasteiger partial charge in [-0.05, 0) is 34.1 Å². The number of benzene rings is 1. The molecule has 0 radical (unpaired) electrons. The largest absolute Gasteiger partial charge is 0.278 e. The summed E-state index contributed by atoms with van der Waals surface area (Å²) in [4.78, 5) is 11.0. The molecule has 2 aromatic rings. The van der Waals surface area contributed by atoms with Crippen LogP contribution in [0.4, 0.5) is 11.4 Å². The number of hydrogen-bond acceptors (Lipinski definition) is 5. The van der Waals surface area contributed by atoms with Crippen molar-refractivity contribution in [3.05, 3.63) is 55.2 Å². The minimum Gasteiger partial charge on any atom is -0.278 e. The lowest BCUT2D eigenvalue weighted by Crippen LogP contribution is -1.91. The fourth-order valence-electron chi connectivity index (χ4n) is 1.22. The molecular formula is C11H8BrN3O2S. The van der Waals surface area contributed by atoms with Crippen LogP contribution in [0.25, 0.3) is 0 Å². The van der Waals surface area contributed by atoms with Gasteiger partial charge in [-0.3, -0.25) is 15.5 Å². The quantitative estimate of drug-likeness (QED) is 0.527. The highest BCUT2D eigenvalue weighted by atomic mass is 79.9. The summed E-state index contributed by atoms with van der Waals surface area (Å²) in [6.07, 6.45) is 1.69. The normalized spacial score (nSPS) is 10.7. The Morgan fingerprint density at radius 2 is 2.11 bits per heavy atom. The number of hydrazone groups is 1. The predicted molar refractivity (Wildman–Crippen MR) is 76.3 cm³/mol. The van der Waals surface area contributed by atoms with Gasteiger partial charge in [0.1, 0.15) is 0 Å². The molecule has 0 unspecified atom stereocenters. The molecule has 0 fully saturated rings. The standard InChI is InChI=1S/C11H8BrN3O2S/c12-8-5-11(18-7-8)6-13-14-9-1-3-10(4-2-9)15(16)17/h1-7,14H. The number of rotatable bonds is 4. The van der Waals surface area contributed by atoms with E-state index in [9.17, 15) is 10.1 Å². The van der Waals surface area contributed by atoms with E-state index in [0.717, 1.165) is 9.35 Å². The smallest absolute Gasteiger partial charge is 0.269 e. The van der Waals surface area contributed by atoms with Gasteiger partial charge in [-0.15, -0.1) is 11.3 Å². The van der Waals surface area contributed by atoms with E-state index < -0.39 is 4.92 Å². The summed E-state index contributed by atoms with van der Waals surface area (Å²) >= 11 is 4.92. The third kappa shape index (κ3) is 3.38. The van der Waals surface area contributed by atoms with Crippen molar-refractivity contribution in [2.45, 2.75) is 0 Å². The molecule has 0 amide bonds. The molecule has 1 aromatic carbocycles. The first kappa shape index (κ1) is 12.7. The summed E-state index contributed by atoms with van der Waals surface area (Å²) < 4.78 is 1.02. The average molecular weight is 326 g/mol. The van der Waals surface area contributed by atoms with Crippen LogP contribution < -0.4 is 5.43 Å². The molecule has 1 N–H and O–H groups in total. The van der Waals surface area contributed by atoms with Gasteiger partial charge in [-0.1, -0.05) is 0 Å². The molecular weight excluding hydrogens is 318 g/mol. The third-order valence-electron chi connectivity index (χ3n) is 2.05. The van der Waals surface area contributed by atoms with Gasteiger partial charge in [0, 0.05) is 26.9 Å². The van der Waals surface area contributed by atoms with Crippen molar-refractivity contribution < 1.29 is 4.92 Å². The molecule has 0 atom stereocenters. The second kappa shape index (κ2) is 5.74. The molecule has 1 aromatic heterocycles. The van der Waals surface area contributed by atoms with Crippen molar-refractivity contribution in [3.8, 4) is 0 Å². The molecule has 0 spiro atoms. The van der Waals surface area contributed by atoms with Gasteiger partial charge >= 0.3 is 0 Å². The van der Waals surface area contributed by atoms with Crippen LogP contribution in [-0.2, 0) is 0 Å². The highest BCUT2D eigenvalue weighted by Gasteiger charge is 2.02. The van der Waals surface area contributed by atoms with E-state index in [1.165, 1.54) is 12.1 Å². The number of nitrogens with zero attached hydrogens (tertiary/aromatic N) is 2. The first-order chi connectivity index (χ1) is 8.65. The van der Waals surface area contributed by atoms with E-state index in [0.29, 0.717) is 5.69 Å². The first-order valence-corrected chi connectivity index (χ1v) is 6.60. The van der Waals surface area contributed by atoms with Gasteiger partial charge in [0.2, 0.25) is 0 Å². The average Bonchev–Trinajstić information content (AvgIpc) is 2.76. The SMILES string of the molecule is O=[N+]([O-])c1ccc(NN=Cc2cc(Br)cs2)cc1. The number of anilines is 1. The van der Waals surface area contributed by atoms with Crippen LogP contribution in [-0.4, -0.2) is 11.1 Å². The maximum absolute atomic E-state index is 10.5. The molecule has 1 heterocycles. The summed E-state index contributed by atoms with van der Waals surface area (Å²) in [6, 6.07) is 8.03. The van der Waals surface area contributed by atoms with Crippen LogP contribution in [0, 0.1) is 10.1 Å². The van der Waals surface area contributed by atoms with Crippen LogP contribution in [0.5, 0.6) is 0 Å². The predicted octanol–water partition coefficient (Wildman–Crippen LogP) is 3.86. The first-order valence-electron chi connectivity index (χ1n) is 4.93. The molecule has 0 aliphatic heterocycles. The minimum atomic E-state index is -0.434. The summed E-state index contributed by atoms with van der Waals surface area (Å²) in [5, 5.41) is 16.5. The third-order valence-corrected chi connectivity index (χ3v) is 3.68. The summed E-state index contributed by atoms with van der Waals surface area (Å²) in [5.74, 6) is 0. The lowest BCUT2D eigenvalue weighted by atomic mass is 10.3. The topological polar surface area (TPSA) is 67.5 Å². The molecule has 18 heavy (non-hydrogen) atoms. The van der Waals surface area contributed by atoms with Crippen molar-refractivity contribution in [1.29, 1.82) is 0 Å². The van der Waals surface area contributed by atoms with E-state index in [-0.39, 0.29) is 5.69 Å². The van der Waals surface area contributed by atoms with Crippen LogP contribution in [0.15, 0.2) is 45.3 Å². The maximum atomic E-state index is 10.5. The molecule has 0 bridgehead atoms. The zero-order valence-electron chi connectivity index (χ0n) is 9.04. The Balaban J connectivity index is 1.98. The van der Waals surface area contributed by atoms with E-state index in [1.54, 1.807) is 29.7 Å². The summed E-state index contributed by atoms with van der Waals surface area (Å²) in [6.45, 7) is 0. The Morgan fingerprint density at radius 1 is 1.39 bits per heavy atom. The Morgan fingerprint density at radius 3 is 2.67 bits per heavy atom. The van der Waals surface area contributed by atoms with Gasteiger partial charge in [0.05, 0.1) is 16.8 Å². The van der Waals surface area contributed by atoms with Crippen molar-refractivity contribution in [1.82, 2.24) is 0 Å². The number of non-ortho nitro benzene ring substituents is 1. The lowest BCUT2D eigenvalue weighted by molar-refractivity contribution is -0.384. The van der Waals surface area contributed by atoms with E-state index in [1.807, 2.05) is 11.4 Å². The molecule has 92 valence electrons. The Bertz CT molecular complexity index is 580. The van der Waals surface area contributed by atoms with Crippen molar-refractivity contribution in [2.75, 3.05) is 5.43 Å². The van der Waals surface area contributed by atoms with E-state index in [2.05, 4.69) is 26.5 Å². The molecule has 2 rings (SSSR count). The molecule has 5 nitrogen and oxygen atoms in total. The lowest BCUT2D eigenvalue weighted by Gasteiger charge is -1.98. The number of hydrogen-bond donors (Lipinski definition) is 1. The number of thiophene rings is 1. The van der Waals surface area contributed by atoms with Crippen LogP contribution in [0.2, 0.25) is 0 Å². The van der Waals surface area contributed by atoms with Crippen molar-refractivity contribution in [3.63, 3.8) is 0 Å².